The van der Waals surface area contributed by atoms with Crippen molar-refractivity contribution in [2.45, 2.75) is 76.8 Å². The van der Waals surface area contributed by atoms with Crippen molar-refractivity contribution in [1.82, 2.24) is 30.2 Å². The van der Waals surface area contributed by atoms with Gasteiger partial charge in [-0.2, -0.15) is 10.2 Å². The van der Waals surface area contributed by atoms with Gasteiger partial charge >= 0.3 is 0 Å². The molecule has 2 aromatic heterocycles. The molecule has 9 rings (SSSR count). The molecule has 0 spiro atoms. The molecule has 6 aromatic rings. The lowest BCUT2D eigenvalue weighted by Gasteiger charge is -2.37. The molecule has 12 nitrogen and oxygen atoms in total. The van der Waals surface area contributed by atoms with E-state index in [1.807, 2.05) is 70.3 Å². The maximum Gasteiger partial charge on any atom is 0.263 e. The Hall–Kier alpha value is -6.56. The van der Waals surface area contributed by atoms with Crippen LogP contribution in [0.1, 0.15) is 62.1 Å². The number of rotatable bonds is 12. The minimum Gasteiger partial charge on any atom is -0.477 e. The maximum atomic E-state index is 13.9. The first-order chi connectivity index (χ1) is 29.3. The second kappa shape index (κ2) is 17.3. The minimum atomic E-state index is -0.622. The molecule has 1 saturated carbocycles. The molecule has 0 saturated heterocycles. The number of carbonyl (C=O) groups excluding carboxylic acids is 2. The van der Waals surface area contributed by atoms with Crippen molar-refractivity contribution in [3.05, 3.63) is 145 Å². The van der Waals surface area contributed by atoms with Crippen LogP contribution in [0.2, 0.25) is 0 Å². The lowest BCUT2D eigenvalue weighted by molar-refractivity contribution is -0.129. The Morgan fingerprint density at radius 2 is 1.32 bits per heavy atom. The molecule has 0 radical (unpaired) electrons. The molecule has 1 fully saturated rings. The van der Waals surface area contributed by atoms with Gasteiger partial charge in [-0.3, -0.25) is 9.59 Å². The van der Waals surface area contributed by atoms with Crippen LogP contribution in [-0.2, 0) is 22.7 Å². The summed E-state index contributed by atoms with van der Waals surface area (Å²) in [6.45, 7) is 7.01. The zero-order valence-corrected chi connectivity index (χ0v) is 34.2. The van der Waals surface area contributed by atoms with Crippen LogP contribution in [-0.4, -0.2) is 69.3 Å². The zero-order valence-electron chi connectivity index (χ0n) is 34.2. The molecule has 308 valence electrons. The molecule has 4 unspecified atom stereocenters. The number of nitrogens with one attached hydrogen (secondary N) is 2. The van der Waals surface area contributed by atoms with Gasteiger partial charge < -0.3 is 29.9 Å². The SMILES string of the molecule is CC(C)CNC(=O)C1CN(Cc2ccc(-n3cc(C4CCCC(NC(=O)C5CN(Cc6ccc(-n7cccn7)cc6)c6ccccc6O5)C4)cn3)cc2)c2ccccc2O1. The van der Waals surface area contributed by atoms with Crippen molar-refractivity contribution in [2.24, 2.45) is 5.92 Å². The Bertz CT molecular complexity index is 2390. The van der Waals surface area contributed by atoms with Crippen LogP contribution < -0.4 is 29.9 Å². The molecular weight excluding hydrogens is 753 g/mol. The van der Waals surface area contributed by atoms with Gasteiger partial charge in [0.15, 0.2) is 12.2 Å². The highest BCUT2D eigenvalue weighted by atomic mass is 16.5. The van der Waals surface area contributed by atoms with Crippen molar-refractivity contribution in [2.75, 3.05) is 29.4 Å². The first kappa shape index (κ1) is 38.9. The van der Waals surface area contributed by atoms with E-state index in [1.54, 1.807) is 6.20 Å². The van der Waals surface area contributed by atoms with Crippen LogP contribution in [0, 0.1) is 5.92 Å². The molecule has 2 aliphatic heterocycles. The van der Waals surface area contributed by atoms with E-state index in [1.165, 1.54) is 5.56 Å². The third-order valence-corrected chi connectivity index (χ3v) is 11.7. The fraction of sp³-hybridized carbons (Fsp3) is 0.333. The van der Waals surface area contributed by atoms with Crippen LogP contribution in [0.15, 0.2) is 128 Å². The fourth-order valence-corrected chi connectivity index (χ4v) is 8.58. The van der Waals surface area contributed by atoms with Crippen LogP contribution in [0.3, 0.4) is 0 Å². The van der Waals surface area contributed by atoms with Crippen molar-refractivity contribution >= 4 is 23.2 Å². The molecule has 1 aliphatic carbocycles. The molecule has 2 amide bonds. The number of aromatic nitrogens is 4. The van der Waals surface area contributed by atoms with Crippen LogP contribution in [0.4, 0.5) is 11.4 Å². The van der Waals surface area contributed by atoms with Gasteiger partial charge in [-0.1, -0.05) is 68.8 Å². The number of ether oxygens (including phenoxy) is 2. The molecule has 4 heterocycles. The van der Waals surface area contributed by atoms with Crippen LogP contribution in [0.5, 0.6) is 11.5 Å². The van der Waals surface area contributed by atoms with Crippen LogP contribution in [0.25, 0.3) is 11.4 Å². The second-order valence-corrected chi connectivity index (χ2v) is 16.6. The molecule has 3 aliphatic rings. The van der Waals surface area contributed by atoms with Gasteiger partial charge in [0.25, 0.3) is 11.8 Å². The van der Waals surface area contributed by atoms with E-state index in [0.29, 0.717) is 44.6 Å². The first-order valence-electron chi connectivity index (χ1n) is 21.1. The topological polar surface area (TPSA) is 119 Å². The molecular formula is C48H52N8O4. The Morgan fingerprint density at radius 1 is 0.717 bits per heavy atom. The monoisotopic (exact) mass is 804 g/mol. The summed E-state index contributed by atoms with van der Waals surface area (Å²) in [7, 11) is 0. The van der Waals surface area contributed by atoms with Gasteiger partial charge in [0.05, 0.1) is 42.0 Å². The normalized spacial score (nSPS) is 19.8. The first-order valence-corrected chi connectivity index (χ1v) is 21.1. The number of carbonyl (C=O) groups is 2. The largest absolute Gasteiger partial charge is 0.477 e. The Kier molecular flexibility index (Phi) is 11.3. The van der Waals surface area contributed by atoms with Crippen molar-refractivity contribution < 1.29 is 19.1 Å². The number of hydrogen-bond donors (Lipinski definition) is 2. The number of hydrogen-bond acceptors (Lipinski definition) is 8. The highest BCUT2D eigenvalue weighted by Gasteiger charge is 2.34. The predicted molar refractivity (Wildman–Crippen MR) is 232 cm³/mol. The number of fused-ring (bicyclic) bond motifs is 2. The Morgan fingerprint density at radius 3 is 1.92 bits per heavy atom. The average Bonchev–Trinajstić information content (AvgIpc) is 4.01. The third kappa shape index (κ3) is 8.73. The highest BCUT2D eigenvalue weighted by Crippen LogP contribution is 2.37. The van der Waals surface area contributed by atoms with Gasteiger partial charge in [-0.25, -0.2) is 9.36 Å². The van der Waals surface area contributed by atoms with E-state index in [9.17, 15) is 9.59 Å². The quantitative estimate of drug-likeness (QED) is 0.133. The summed E-state index contributed by atoms with van der Waals surface area (Å²) in [5.41, 5.74) is 7.40. The Labute approximate surface area is 351 Å². The summed E-state index contributed by atoms with van der Waals surface area (Å²) < 4.78 is 16.2. The predicted octanol–water partition coefficient (Wildman–Crippen LogP) is 7.21. The molecule has 4 aromatic carbocycles. The van der Waals surface area contributed by atoms with Gasteiger partial charge in [-0.15, -0.1) is 0 Å². The summed E-state index contributed by atoms with van der Waals surface area (Å²) in [5.74, 6) is 1.94. The van der Waals surface area contributed by atoms with Gasteiger partial charge in [0.1, 0.15) is 11.5 Å². The molecule has 2 N–H and O–H groups in total. The van der Waals surface area contributed by atoms with Gasteiger partial charge in [-0.05, 0) is 102 Å². The summed E-state index contributed by atoms with van der Waals surface area (Å²) in [6, 6.07) is 34.6. The highest BCUT2D eigenvalue weighted by molar-refractivity contribution is 5.84. The third-order valence-electron chi connectivity index (χ3n) is 11.7. The molecule has 12 heteroatoms. The lowest BCUT2D eigenvalue weighted by Crippen LogP contribution is -2.51. The van der Waals surface area contributed by atoms with Crippen molar-refractivity contribution in [3.8, 4) is 22.9 Å². The number of anilines is 2. The van der Waals surface area contributed by atoms with Gasteiger partial charge in [0, 0.05) is 44.3 Å². The number of benzene rings is 4. The standard InChI is InChI=1S/C48H52N8O4/c1-33(2)26-49-47(57)45-31-53(41-11-3-5-13-43(41)59-45)28-35-17-21-40(22-18-35)56-30-37(27-51-56)36-9-7-10-38(25-36)52-48(58)46-32-54(42-12-4-6-14-44(42)60-46)29-34-15-19-39(20-16-34)55-24-8-23-50-55/h3-6,8,11-24,27,30,33,36,38,45-46H,7,9-10,25-26,28-29,31-32H2,1-2H3,(H,49,57)(H,52,58). The summed E-state index contributed by atoms with van der Waals surface area (Å²) >= 11 is 0. The van der Waals surface area contributed by atoms with E-state index in [0.717, 1.165) is 71.1 Å². The van der Waals surface area contributed by atoms with Crippen molar-refractivity contribution in [3.63, 3.8) is 0 Å². The summed E-state index contributed by atoms with van der Waals surface area (Å²) in [4.78, 5) is 31.3. The van der Waals surface area contributed by atoms with Crippen LogP contribution >= 0.6 is 0 Å². The van der Waals surface area contributed by atoms with Gasteiger partial charge in [0.2, 0.25) is 0 Å². The molecule has 4 atom stereocenters. The lowest BCUT2D eigenvalue weighted by atomic mass is 9.82. The zero-order chi connectivity index (χ0) is 41.0. The summed E-state index contributed by atoms with van der Waals surface area (Å²) in [6.07, 6.45) is 10.5. The van der Waals surface area contributed by atoms with E-state index < -0.39 is 12.2 Å². The van der Waals surface area contributed by atoms with E-state index >= 15 is 0 Å². The smallest absolute Gasteiger partial charge is 0.263 e. The maximum absolute atomic E-state index is 13.9. The Balaban J connectivity index is 0.812. The average molecular weight is 805 g/mol. The molecule has 0 bridgehead atoms. The van der Waals surface area contributed by atoms with E-state index in [4.69, 9.17) is 14.6 Å². The number of amides is 2. The minimum absolute atomic E-state index is 0.0501. The van der Waals surface area contributed by atoms with Crippen molar-refractivity contribution in [1.29, 1.82) is 0 Å². The van der Waals surface area contributed by atoms with E-state index in [2.05, 4.69) is 100 Å². The number of nitrogens with zero attached hydrogens (tertiary/aromatic N) is 6. The second-order valence-electron chi connectivity index (χ2n) is 16.6. The fourth-order valence-electron chi connectivity index (χ4n) is 8.58. The van der Waals surface area contributed by atoms with E-state index in [-0.39, 0.29) is 17.9 Å². The summed E-state index contributed by atoms with van der Waals surface area (Å²) in [5, 5.41) is 15.5. The molecule has 60 heavy (non-hydrogen) atoms. The number of para-hydroxylation sites is 4.